The van der Waals surface area contributed by atoms with Gasteiger partial charge in [0.2, 0.25) is 17.7 Å². The quantitative estimate of drug-likeness (QED) is 0.159. The van der Waals surface area contributed by atoms with Crippen molar-refractivity contribution in [3.05, 3.63) is 29.8 Å². The zero-order valence-corrected chi connectivity index (χ0v) is 20.3. The number of carboxylic acids is 2. The van der Waals surface area contributed by atoms with Crippen LogP contribution in [0.3, 0.4) is 0 Å². The maximum atomic E-state index is 12.7. The summed E-state index contributed by atoms with van der Waals surface area (Å²) in [4.78, 5) is 60.0. The molecule has 0 spiro atoms. The Morgan fingerprint density at radius 2 is 1.51 bits per heavy atom. The zero-order chi connectivity index (χ0) is 26.5. The van der Waals surface area contributed by atoms with Gasteiger partial charge < -0.3 is 37.0 Å². The van der Waals surface area contributed by atoms with E-state index in [0.717, 1.165) is 0 Å². The van der Waals surface area contributed by atoms with Crippen molar-refractivity contribution in [2.24, 2.45) is 5.73 Å². The van der Waals surface area contributed by atoms with Gasteiger partial charge in [0.1, 0.15) is 23.9 Å². The lowest BCUT2D eigenvalue weighted by molar-refractivity contribution is -0.142. The number of benzene rings is 1. The van der Waals surface area contributed by atoms with Crippen LogP contribution in [0.1, 0.15) is 31.7 Å². The fourth-order valence-corrected chi connectivity index (χ4v) is 3.43. The van der Waals surface area contributed by atoms with E-state index in [-0.39, 0.29) is 25.0 Å². The summed E-state index contributed by atoms with van der Waals surface area (Å²) in [5.74, 6) is -4.09. The first-order valence-electron chi connectivity index (χ1n) is 10.8. The van der Waals surface area contributed by atoms with E-state index in [1.54, 1.807) is 18.4 Å². The minimum absolute atomic E-state index is 0.0502. The molecule has 4 atom stereocenters. The molecule has 0 aliphatic carbocycles. The average molecular weight is 513 g/mol. The number of carbonyl (C=O) groups excluding carboxylic acids is 3. The number of amides is 3. The molecule has 3 amide bonds. The summed E-state index contributed by atoms with van der Waals surface area (Å²) < 4.78 is 0. The van der Waals surface area contributed by atoms with Crippen molar-refractivity contribution in [3.8, 4) is 5.75 Å². The largest absolute Gasteiger partial charge is 0.508 e. The molecule has 1 rings (SSSR count). The summed E-state index contributed by atoms with van der Waals surface area (Å²) in [7, 11) is 0. The van der Waals surface area contributed by atoms with Gasteiger partial charge in [0, 0.05) is 6.42 Å². The minimum atomic E-state index is -1.29. The molecule has 0 fully saturated rings. The number of thioether (sulfide) groups is 1. The van der Waals surface area contributed by atoms with Crippen molar-refractivity contribution in [2.45, 2.75) is 56.8 Å². The Balaban J connectivity index is 2.79. The monoisotopic (exact) mass is 512 g/mol. The van der Waals surface area contributed by atoms with Crippen LogP contribution < -0.4 is 21.7 Å². The van der Waals surface area contributed by atoms with Gasteiger partial charge in [0.25, 0.3) is 0 Å². The second-order valence-electron chi connectivity index (χ2n) is 7.88. The molecule has 0 aliphatic rings. The maximum absolute atomic E-state index is 12.7. The molecule has 194 valence electrons. The molecule has 13 heteroatoms. The number of phenolic OH excluding ortho intramolecular Hbond substituents is 1. The molecule has 1 aromatic carbocycles. The molecule has 0 radical (unpaired) electrons. The Labute approximate surface area is 207 Å². The van der Waals surface area contributed by atoms with Crippen molar-refractivity contribution in [2.75, 3.05) is 12.0 Å². The van der Waals surface area contributed by atoms with Crippen LogP contribution in [0, 0.1) is 0 Å². The standard InChI is InChI=1S/C22H32N4O8S/c1-12(19(30)26-17(22(33)34)9-10-35-2)24-21(32)16(7-8-18(28)29)25-20(31)15(23)11-13-3-5-14(27)6-4-13/h3-6,12,15-17,27H,7-11,23H2,1-2H3,(H,24,32)(H,25,31)(H,26,30)(H,28,29)(H,33,34). The maximum Gasteiger partial charge on any atom is 0.326 e. The third-order valence-electron chi connectivity index (χ3n) is 4.99. The molecule has 35 heavy (non-hydrogen) atoms. The number of hydrogen-bond donors (Lipinski definition) is 7. The molecule has 12 nitrogen and oxygen atoms in total. The summed E-state index contributed by atoms with van der Waals surface area (Å²) >= 11 is 1.42. The Morgan fingerprint density at radius 1 is 0.914 bits per heavy atom. The Morgan fingerprint density at radius 3 is 2.06 bits per heavy atom. The van der Waals surface area contributed by atoms with Gasteiger partial charge in [-0.2, -0.15) is 11.8 Å². The van der Waals surface area contributed by atoms with Crippen molar-refractivity contribution >= 4 is 41.4 Å². The molecule has 0 aromatic heterocycles. The van der Waals surface area contributed by atoms with E-state index >= 15 is 0 Å². The van der Waals surface area contributed by atoms with Crippen LogP contribution in [-0.2, 0) is 30.4 Å². The van der Waals surface area contributed by atoms with Crippen LogP contribution >= 0.6 is 11.8 Å². The molecule has 0 saturated carbocycles. The van der Waals surface area contributed by atoms with Gasteiger partial charge in [-0.3, -0.25) is 19.2 Å². The minimum Gasteiger partial charge on any atom is -0.508 e. The van der Waals surface area contributed by atoms with Crippen LogP contribution in [0.5, 0.6) is 5.75 Å². The van der Waals surface area contributed by atoms with Gasteiger partial charge in [-0.15, -0.1) is 0 Å². The van der Waals surface area contributed by atoms with Crippen molar-refractivity contribution < 1.29 is 39.3 Å². The molecule has 0 heterocycles. The van der Waals surface area contributed by atoms with Crippen LogP contribution in [0.2, 0.25) is 0 Å². The number of aliphatic carboxylic acids is 2. The summed E-state index contributed by atoms with van der Waals surface area (Å²) in [6.45, 7) is 1.34. The number of nitrogens with two attached hydrogens (primary N) is 1. The second-order valence-corrected chi connectivity index (χ2v) is 8.87. The van der Waals surface area contributed by atoms with E-state index in [9.17, 15) is 34.2 Å². The van der Waals surface area contributed by atoms with Crippen molar-refractivity contribution in [1.29, 1.82) is 0 Å². The van der Waals surface area contributed by atoms with E-state index in [4.69, 9.17) is 10.8 Å². The smallest absolute Gasteiger partial charge is 0.326 e. The highest BCUT2D eigenvalue weighted by molar-refractivity contribution is 7.98. The Hall–Kier alpha value is -3.32. The normalized spacial score (nSPS) is 14.1. The highest BCUT2D eigenvalue weighted by Crippen LogP contribution is 2.11. The lowest BCUT2D eigenvalue weighted by Gasteiger charge is -2.23. The molecule has 0 saturated heterocycles. The van der Waals surface area contributed by atoms with Crippen LogP contribution in [0.25, 0.3) is 0 Å². The summed E-state index contributed by atoms with van der Waals surface area (Å²) in [5.41, 5.74) is 6.58. The lowest BCUT2D eigenvalue weighted by atomic mass is 10.0. The Kier molecular flexibility index (Phi) is 12.6. The van der Waals surface area contributed by atoms with Gasteiger partial charge in [0.05, 0.1) is 6.04 Å². The molecule has 1 aromatic rings. The molecular weight excluding hydrogens is 480 g/mol. The topological polar surface area (TPSA) is 208 Å². The molecule has 8 N–H and O–H groups in total. The van der Waals surface area contributed by atoms with Gasteiger partial charge in [0.15, 0.2) is 0 Å². The average Bonchev–Trinajstić information content (AvgIpc) is 2.79. The molecule has 4 unspecified atom stereocenters. The molecule has 0 bridgehead atoms. The summed E-state index contributed by atoms with van der Waals surface area (Å²) in [5, 5.41) is 34.7. The first-order chi connectivity index (χ1) is 16.4. The number of hydrogen-bond acceptors (Lipinski definition) is 8. The van der Waals surface area contributed by atoms with E-state index in [1.165, 1.54) is 30.8 Å². The van der Waals surface area contributed by atoms with E-state index in [2.05, 4.69) is 16.0 Å². The summed E-state index contributed by atoms with van der Waals surface area (Å²) in [6.07, 6.45) is 1.41. The van der Waals surface area contributed by atoms with Crippen molar-refractivity contribution in [3.63, 3.8) is 0 Å². The number of rotatable bonds is 15. The SMILES string of the molecule is CSCCC(NC(=O)C(C)NC(=O)C(CCC(=O)O)NC(=O)C(N)Cc1ccc(O)cc1)C(=O)O. The lowest BCUT2D eigenvalue weighted by Crippen LogP contribution is -2.56. The predicted molar refractivity (Wildman–Crippen MR) is 129 cm³/mol. The second kappa shape index (κ2) is 14.8. The van der Waals surface area contributed by atoms with Gasteiger partial charge in [-0.1, -0.05) is 12.1 Å². The third kappa shape index (κ3) is 11.1. The van der Waals surface area contributed by atoms with Gasteiger partial charge in [-0.05, 0) is 55.9 Å². The zero-order valence-electron chi connectivity index (χ0n) is 19.5. The van der Waals surface area contributed by atoms with Gasteiger partial charge >= 0.3 is 11.9 Å². The van der Waals surface area contributed by atoms with E-state index in [1.807, 2.05) is 0 Å². The number of phenols is 1. The number of carbonyl (C=O) groups is 5. The Bertz CT molecular complexity index is 896. The molecular formula is C22H32N4O8S. The van der Waals surface area contributed by atoms with E-state index in [0.29, 0.717) is 11.3 Å². The molecule has 0 aliphatic heterocycles. The van der Waals surface area contributed by atoms with Crippen molar-refractivity contribution in [1.82, 2.24) is 16.0 Å². The van der Waals surface area contributed by atoms with Crippen LogP contribution in [-0.4, -0.2) is 81.2 Å². The third-order valence-corrected chi connectivity index (χ3v) is 5.63. The first kappa shape index (κ1) is 29.7. The number of carboxylic acid groups (broad SMARTS) is 2. The van der Waals surface area contributed by atoms with Crippen LogP contribution in [0.15, 0.2) is 24.3 Å². The first-order valence-corrected chi connectivity index (χ1v) is 12.2. The fraction of sp³-hybridized carbons (Fsp3) is 0.500. The number of nitrogens with one attached hydrogen (secondary N) is 3. The highest BCUT2D eigenvalue weighted by atomic mass is 32.2. The van der Waals surface area contributed by atoms with E-state index < -0.39 is 60.2 Å². The number of aromatic hydroxyl groups is 1. The van der Waals surface area contributed by atoms with Gasteiger partial charge in [-0.25, -0.2) is 4.79 Å². The summed E-state index contributed by atoms with van der Waals surface area (Å²) in [6, 6.07) is 1.42. The predicted octanol–water partition coefficient (Wildman–Crippen LogP) is -0.561. The van der Waals surface area contributed by atoms with Crippen LogP contribution in [0.4, 0.5) is 0 Å². The highest BCUT2D eigenvalue weighted by Gasteiger charge is 2.28. The fourth-order valence-electron chi connectivity index (χ4n) is 2.96.